The molecule has 0 amide bonds. The summed E-state index contributed by atoms with van der Waals surface area (Å²) in [5.41, 5.74) is 1.86. The SMILES string of the molecule is N#Cc1cc(F)cc(Cn2ccc3cc(F)ccc32)c1. The highest BCUT2D eigenvalue weighted by atomic mass is 19.1. The lowest BCUT2D eigenvalue weighted by atomic mass is 10.1. The van der Waals surface area contributed by atoms with Crippen molar-refractivity contribution in [2.75, 3.05) is 0 Å². The molecule has 0 saturated carbocycles. The first-order chi connectivity index (χ1) is 9.65. The molecule has 0 spiro atoms. The van der Waals surface area contributed by atoms with Gasteiger partial charge in [0, 0.05) is 23.6 Å². The van der Waals surface area contributed by atoms with Crippen molar-refractivity contribution >= 4 is 10.9 Å². The molecule has 0 aliphatic rings. The normalized spacial score (nSPS) is 10.7. The first-order valence-corrected chi connectivity index (χ1v) is 6.10. The van der Waals surface area contributed by atoms with Crippen molar-refractivity contribution in [1.82, 2.24) is 4.57 Å². The first kappa shape index (κ1) is 12.4. The number of halogens is 2. The lowest BCUT2D eigenvalue weighted by Crippen LogP contribution is -1.99. The molecule has 1 heterocycles. The predicted octanol–water partition coefficient (Wildman–Crippen LogP) is 3.84. The molecule has 0 bridgehead atoms. The topological polar surface area (TPSA) is 28.7 Å². The van der Waals surface area contributed by atoms with E-state index in [9.17, 15) is 8.78 Å². The number of rotatable bonds is 2. The van der Waals surface area contributed by atoms with Gasteiger partial charge in [-0.25, -0.2) is 8.78 Å². The van der Waals surface area contributed by atoms with Crippen molar-refractivity contribution in [2.24, 2.45) is 0 Å². The third-order valence-electron chi connectivity index (χ3n) is 3.17. The largest absolute Gasteiger partial charge is 0.343 e. The van der Waals surface area contributed by atoms with Gasteiger partial charge in [-0.3, -0.25) is 0 Å². The number of nitrogens with zero attached hydrogens (tertiary/aromatic N) is 2. The Labute approximate surface area is 114 Å². The van der Waals surface area contributed by atoms with E-state index in [0.717, 1.165) is 10.9 Å². The molecule has 1 aromatic heterocycles. The second-order valence-corrected chi connectivity index (χ2v) is 4.61. The Morgan fingerprint density at radius 1 is 1.00 bits per heavy atom. The molecule has 0 unspecified atom stereocenters. The molecule has 0 atom stereocenters. The molecule has 0 aliphatic carbocycles. The van der Waals surface area contributed by atoms with E-state index >= 15 is 0 Å². The van der Waals surface area contributed by atoms with Crippen LogP contribution in [-0.4, -0.2) is 4.57 Å². The second-order valence-electron chi connectivity index (χ2n) is 4.61. The van der Waals surface area contributed by atoms with Gasteiger partial charge >= 0.3 is 0 Å². The van der Waals surface area contributed by atoms with Crippen LogP contribution in [0.3, 0.4) is 0 Å². The number of hydrogen-bond donors (Lipinski definition) is 0. The fourth-order valence-corrected chi connectivity index (χ4v) is 2.31. The van der Waals surface area contributed by atoms with Crippen LogP contribution in [0.25, 0.3) is 10.9 Å². The van der Waals surface area contributed by atoms with Crippen LogP contribution >= 0.6 is 0 Å². The zero-order valence-electron chi connectivity index (χ0n) is 10.5. The molecule has 0 fully saturated rings. The Kier molecular flexibility index (Phi) is 2.96. The summed E-state index contributed by atoms with van der Waals surface area (Å²) in [5, 5.41) is 9.64. The molecular weight excluding hydrogens is 258 g/mol. The molecule has 20 heavy (non-hydrogen) atoms. The maximum absolute atomic E-state index is 13.4. The zero-order chi connectivity index (χ0) is 14.1. The Balaban J connectivity index is 2.01. The van der Waals surface area contributed by atoms with Gasteiger partial charge < -0.3 is 4.57 Å². The van der Waals surface area contributed by atoms with E-state index in [-0.39, 0.29) is 5.82 Å². The maximum atomic E-state index is 13.4. The Morgan fingerprint density at radius 2 is 1.85 bits per heavy atom. The maximum Gasteiger partial charge on any atom is 0.124 e. The lowest BCUT2D eigenvalue weighted by Gasteiger charge is -2.06. The van der Waals surface area contributed by atoms with Crippen molar-refractivity contribution in [2.45, 2.75) is 6.54 Å². The van der Waals surface area contributed by atoms with E-state index in [2.05, 4.69) is 0 Å². The summed E-state index contributed by atoms with van der Waals surface area (Å²) in [6, 6.07) is 12.5. The molecule has 3 rings (SSSR count). The summed E-state index contributed by atoms with van der Waals surface area (Å²) in [4.78, 5) is 0. The number of fused-ring (bicyclic) bond motifs is 1. The van der Waals surface area contributed by atoms with Crippen molar-refractivity contribution < 1.29 is 8.78 Å². The minimum absolute atomic E-state index is 0.284. The van der Waals surface area contributed by atoms with Crippen LogP contribution in [0.15, 0.2) is 48.7 Å². The van der Waals surface area contributed by atoms with Gasteiger partial charge in [0.05, 0.1) is 11.6 Å². The van der Waals surface area contributed by atoms with Crippen molar-refractivity contribution in [3.05, 3.63) is 71.4 Å². The third kappa shape index (κ3) is 2.26. The molecular formula is C16H10F2N2. The average Bonchev–Trinajstić information content (AvgIpc) is 2.80. The first-order valence-electron chi connectivity index (χ1n) is 6.10. The van der Waals surface area contributed by atoms with Crippen LogP contribution in [0, 0.1) is 23.0 Å². The van der Waals surface area contributed by atoms with Gasteiger partial charge in [-0.1, -0.05) is 0 Å². The monoisotopic (exact) mass is 268 g/mol. The van der Waals surface area contributed by atoms with Crippen LogP contribution in [0.4, 0.5) is 8.78 Å². The fraction of sp³-hybridized carbons (Fsp3) is 0.0625. The van der Waals surface area contributed by atoms with E-state index in [4.69, 9.17) is 5.26 Å². The quantitative estimate of drug-likeness (QED) is 0.694. The molecule has 3 aromatic rings. The van der Waals surface area contributed by atoms with Crippen molar-refractivity contribution in [3.63, 3.8) is 0 Å². The van der Waals surface area contributed by atoms with Gasteiger partial charge in [-0.2, -0.15) is 5.26 Å². The van der Waals surface area contributed by atoms with Crippen LogP contribution in [-0.2, 0) is 6.54 Å². The molecule has 0 N–H and O–H groups in total. The van der Waals surface area contributed by atoms with Crippen LogP contribution in [0.5, 0.6) is 0 Å². The van der Waals surface area contributed by atoms with E-state index in [1.165, 1.54) is 24.3 Å². The van der Waals surface area contributed by atoms with Gasteiger partial charge in [0.25, 0.3) is 0 Å². The van der Waals surface area contributed by atoms with Gasteiger partial charge in [0.15, 0.2) is 0 Å². The fourth-order valence-electron chi connectivity index (χ4n) is 2.31. The minimum Gasteiger partial charge on any atom is -0.343 e. The van der Waals surface area contributed by atoms with Crippen LogP contribution < -0.4 is 0 Å². The molecule has 2 nitrogen and oxygen atoms in total. The minimum atomic E-state index is -0.429. The highest BCUT2D eigenvalue weighted by Gasteiger charge is 2.05. The molecule has 98 valence electrons. The molecule has 0 aliphatic heterocycles. The van der Waals surface area contributed by atoms with Crippen molar-refractivity contribution in [3.8, 4) is 6.07 Å². The summed E-state index contributed by atoms with van der Waals surface area (Å²) in [7, 11) is 0. The van der Waals surface area contributed by atoms with Gasteiger partial charge in [-0.05, 0) is 48.0 Å². The van der Waals surface area contributed by atoms with Gasteiger partial charge in [-0.15, -0.1) is 0 Å². The Hall–Kier alpha value is -2.67. The summed E-state index contributed by atoms with van der Waals surface area (Å²) in [6.45, 7) is 0.432. The number of aromatic nitrogens is 1. The van der Waals surface area contributed by atoms with E-state index in [1.54, 1.807) is 12.1 Å². The number of benzene rings is 2. The van der Waals surface area contributed by atoms with Crippen LogP contribution in [0.2, 0.25) is 0 Å². The van der Waals surface area contributed by atoms with Crippen LogP contribution in [0.1, 0.15) is 11.1 Å². The molecule has 2 aromatic carbocycles. The number of nitriles is 1. The van der Waals surface area contributed by atoms with Crippen molar-refractivity contribution in [1.29, 1.82) is 5.26 Å². The zero-order valence-corrected chi connectivity index (χ0v) is 10.5. The summed E-state index contributed by atoms with van der Waals surface area (Å²) < 4.78 is 28.4. The average molecular weight is 268 g/mol. The summed E-state index contributed by atoms with van der Waals surface area (Å²) in [5.74, 6) is -0.714. The number of hydrogen-bond acceptors (Lipinski definition) is 1. The van der Waals surface area contributed by atoms with E-state index in [0.29, 0.717) is 17.7 Å². The Bertz CT molecular complexity index is 828. The van der Waals surface area contributed by atoms with Gasteiger partial charge in [0.2, 0.25) is 0 Å². The Morgan fingerprint density at radius 3 is 2.65 bits per heavy atom. The highest BCUT2D eigenvalue weighted by Crippen LogP contribution is 2.19. The summed E-state index contributed by atoms with van der Waals surface area (Å²) in [6.07, 6.45) is 1.82. The third-order valence-corrected chi connectivity index (χ3v) is 3.17. The standard InChI is InChI=1S/C16H10F2N2/c17-14-1-2-16-13(8-14)3-4-20(16)10-12-5-11(9-19)6-15(18)7-12/h1-8H,10H2. The lowest BCUT2D eigenvalue weighted by molar-refractivity contribution is 0.623. The van der Waals surface area contributed by atoms with E-state index in [1.807, 2.05) is 22.9 Å². The summed E-state index contributed by atoms with van der Waals surface area (Å²) >= 11 is 0. The molecule has 0 radical (unpaired) electrons. The predicted molar refractivity (Wildman–Crippen MR) is 72.1 cm³/mol. The highest BCUT2D eigenvalue weighted by molar-refractivity contribution is 5.80. The second kappa shape index (κ2) is 4.78. The molecule has 4 heteroatoms. The smallest absolute Gasteiger partial charge is 0.124 e. The molecule has 0 saturated heterocycles. The van der Waals surface area contributed by atoms with E-state index < -0.39 is 5.82 Å². The van der Waals surface area contributed by atoms with Gasteiger partial charge in [0.1, 0.15) is 11.6 Å².